The van der Waals surface area contributed by atoms with Crippen molar-refractivity contribution < 1.29 is 0 Å². The van der Waals surface area contributed by atoms with Gasteiger partial charge in [-0.2, -0.15) is 0 Å². The Bertz CT molecular complexity index is 423. The lowest BCUT2D eigenvalue weighted by atomic mass is 9.88. The van der Waals surface area contributed by atoms with Gasteiger partial charge < -0.3 is 5.32 Å². The predicted octanol–water partition coefficient (Wildman–Crippen LogP) is 3.73. The van der Waals surface area contributed by atoms with E-state index in [-0.39, 0.29) is 0 Å². The summed E-state index contributed by atoms with van der Waals surface area (Å²) in [7, 11) is 2.33. The van der Waals surface area contributed by atoms with Gasteiger partial charge in [-0.3, -0.25) is 4.90 Å². The third kappa shape index (κ3) is 3.24. The molecule has 2 aliphatic rings. The van der Waals surface area contributed by atoms with Crippen LogP contribution < -0.4 is 5.32 Å². The molecule has 1 aromatic rings. The van der Waals surface area contributed by atoms with Crippen LogP contribution in [-0.4, -0.2) is 25.0 Å². The molecule has 1 aromatic carbocycles. The normalized spacial score (nSPS) is 24.4. The van der Waals surface area contributed by atoms with Crippen molar-refractivity contribution in [3.05, 3.63) is 35.4 Å². The lowest BCUT2D eigenvalue weighted by Gasteiger charge is -2.33. The molecule has 0 saturated heterocycles. The fraction of sp³-hybridized carbons (Fsp3) is 0.667. The average Bonchev–Trinajstić information content (AvgIpc) is 2.70. The molecule has 1 saturated carbocycles. The molecule has 2 heteroatoms. The monoisotopic (exact) mass is 272 g/mol. The summed E-state index contributed by atoms with van der Waals surface area (Å²) in [5.74, 6) is 0.928. The van der Waals surface area contributed by atoms with Gasteiger partial charge in [0.25, 0.3) is 0 Å². The van der Waals surface area contributed by atoms with Crippen molar-refractivity contribution >= 4 is 0 Å². The van der Waals surface area contributed by atoms with E-state index >= 15 is 0 Å². The Morgan fingerprint density at radius 3 is 2.75 bits per heavy atom. The van der Waals surface area contributed by atoms with Crippen LogP contribution in [0.25, 0.3) is 0 Å². The summed E-state index contributed by atoms with van der Waals surface area (Å²) < 4.78 is 0. The molecule has 1 aliphatic heterocycles. The molecule has 0 spiro atoms. The summed E-state index contributed by atoms with van der Waals surface area (Å²) in [6.07, 6.45) is 8.47. The standard InChI is InChI=1S/C18H28N2/c1-20(14-15-7-3-2-4-8-15)18-11-12-19-13-16-9-5-6-10-17(16)18/h5-6,9-10,15,18-19H,2-4,7-8,11-14H2,1H3. The minimum Gasteiger partial charge on any atom is -0.313 e. The van der Waals surface area contributed by atoms with E-state index in [0.717, 1.165) is 19.0 Å². The molecular formula is C18H28N2. The second-order valence-corrected chi connectivity index (χ2v) is 6.62. The maximum Gasteiger partial charge on any atom is 0.0360 e. The summed E-state index contributed by atoms with van der Waals surface area (Å²) in [5.41, 5.74) is 3.04. The SMILES string of the molecule is CN(CC1CCCCC1)C1CCNCc2ccccc21. The lowest BCUT2D eigenvalue weighted by Crippen LogP contribution is -2.31. The molecule has 0 aromatic heterocycles. The van der Waals surface area contributed by atoms with Gasteiger partial charge >= 0.3 is 0 Å². The first-order valence-corrected chi connectivity index (χ1v) is 8.33. The molecule has 1 N–H and O–H groups in total. The van der Waals surface area contributed by atoms with E-state index < -0.39 is 0 Å². The molecule has 3 rings (SSSR count). The van der Waals surface area contributed by atoms with Crippen LogP contribution in [0, 0.1) is 5.92 Å². The molecule has 2 nitrogen and oxygen atoms in total. The van der Waals surface area contributed by atoms with E-state index in [1.807, 2.05) is 0 Å². The molecule has 1 heterocycles. The minimum atomic E-state index is 0.600. The molecular weight excluding hydrogens is 244 g/mol. The van der Waals surface area contributed by atoms with E-state index in [1.165, 1.54) is 50.6 Å². The molecule has 0 bridgehead atoms. The number of benzene rings is 1. The smallest absolute Gasteiger partial charge is 0.0360 e. The Balaban J connectivity index is 1.71. The average molecular weight is 272 g/mol. The van der Waals surface area contributed by atoms with Crippen molar-refractivity contribution in [3.63, 3.8) is 0 Å². The first kappa shape index (κ1) is 14.1. The Morgan fingerprint density at radius 1 is 1.10 bits per heavy atom. The van der Waals surface area contributed by atoms with Gasteiger partial charge in [-0.05, 0) is 49.9 Å². The van der Waals surface area contributed by atoms with Gasteiger partial charge in [0.15, 0.2) is 0 Å². The number of hydrogen-bond donors (Lipinski definition) is 1. The maximum absolute atomic E-state index is 3.57. The highest BCUT2D eigenvalue weighted by Gasteiger charge is 2.24. The number of nitrogens with one attached hydrogen (secondary N) is 1. The third-order valence-corrected chi connectivity index (χ3v) is 5.13. The maximum atomic E-state index is 3.57. The molecule has 1 fully saturated rings. The van der Waals surface area contributed by atoms with Crippen molar-refractivity contribution in [1.29, 1.82) is 0 Å². The van der Waals surface area contributed by atoms with Crippen LogP contribution >= 0.6 is 0 Å². The fourth-order valence-electron chi connectivity index (χ4n) is 4.00. The Morgan fingerprint density at radius 2 is 1.90 bits per heavy atom. The van der Waals surface area contributed by atoms with Crippen LogP contribution in [-0.2, 0) is 6.54 Å². The van der Waals surface area contributed by atoms with Crippen molar-refractivity contribution in [1.82, 2.24) is 10.2 Å². The van der Waals surface area contributed by atoms with Crippen LogP contribution in [0.15, 0.2) is 24.3 Å². The van der Waals surface area contributed by atoms with Crippen molar-refractivity contribution in [3.8, 4) is 0 Å². The summed E-state index contributed by atoms with van der Waals surface area (Å²) in [6.45, 7) is 3.44. The van der Waals surface area contributed by atoms with E-state index in [4.69, 9.17) is 0 Å². The number of fused-ring (bicyclic) bond motifs is 1. The highest BCUT2D eigenvalue weighted by atomic mass is 15.1. The van der Waals surface area contributed by atoms with E-state index in [1.54, 1.807) is 5.56 Å². The van der Waals surface area contributed by atoms with Crippen LogP contribution in [0.4, 0.5) is 0 Å². The zero-order valence-electron chi connectivity index (χ0n) is 12.8. The van der Waals surface area contributed by atoms with E-state index in [0.29, 0.717) is 6.04 Å². The molecule has 20 heavy (non-hydrogen) atoms. The molecule has 0 amide bonds. The van der Waals surface area contributed by atoms with Crippen LogP contribution in [0.1, 0.15) is 55.7 Å². The molecule has 1 aliphatic carbocycles. The van der Waals surface area contributed by atoms with Crippen molar-refractivity contribution in [2.45, 2.75) is 51.1 Å². The van der Waals surface area contributed by atoms with Gasteiger partial charge in [0, 0.05) is 19.1 Å². The van der Waals surface area contributed by atoms with Gasteiger partial charge in [0.05, 0.1) is 0 Å². The zero-order valence-corrected chi connectivity index (χ0v) is 12.8. The molecule has 110 valence electrons. The Hall–Kier alpha value is -0.860. The second kappa shape index (κ2) is 6.73. The van der Waals surface area contributed by atoms with Crippen LogP contribution in [0.3, 0.4) is 0 Å². The quantitative estimate of drug-likeness (QED) is 0.902. The molecule has 0 radical (unpaired) electrons. The second-order valence-electron chi connectivity index (χ2n) is 6.62. The minimum absolute atomic E-state index is 0.600. The first-order valence-electron chi connectivity index (χ1n) is 8.33. The molecule has 1 atom stereocenters. The van der Waals surface area contributed by atoms with Gasteiger partial charge in [-0.25, -0.2) is 0 Å². The largest absolute Gasteiger partial charge is 0.313 e. The van der Waals surface area contributed by atoms with Crippen LogP contribution in [0.5, 0.6) is 0 Å². The van der Waals surface area contributed by atoms with Gasteiger partial charge in [0.1, 0.15) is 0 Å². The number of hydrogen-bond acceptors (Lipinski definition) is 2. The Kier molecular flexibility index (Phi) is 4.74. The summed E-state index contributed by atoms with van der Waals surface area (Å²) in [4.78, 5) is 2.63. The summed E-state index contributed by atoms with van der Waals surface area (Å²) in [5, 5.41) is 3.57. The molecule has 1 unspecified atom stereocenters. The first-order chi connectivity index (χ1) is 9.84. The van der Waals surface area contributed by atoms with Crippen molar-refractivity contribution in [2.24, 2.45) is 5.92 Å². The lowest BCUT2D eigenvalue weighted by molar-refractivity contribution is 0.176. The predicted molar refractivity (Wildman–Crippen MR) is 84.7 cm³/mol. The topological polar surface area (TPSA) is 15.3 Å². The zero-order chi connectivity index (χ0) is 13.8. The highest BCUT2D eigenvalue weighted by Crippen LogP contribution is 2.31. The van der Waals surface area contributed by atoms with E-state index in [2.05, 4.69) is 41.5 Å². The van der Waals surface area contributed by atoms with E-state index in [9.17, 15) is 0 Å². The highest BCUT2D eigenvalue weighted by molar-refractivity contribution is 5.31. The van der Waals surface area contributed by atoms with Crippen LogP contribution in [0.2, 0.25) is 0 Å². The number of nitrogens with zero attached hydrogens (tertiary/aromatic N) is 1. The fourth-order valence-corrected chi connectivity index (χ4v) is 4.00. The summed E-state index contributed by atoms with van der Waals surface area (Å²) in [6, 6.07) is 9.60. The number of rotatable bonds is 3. The Labute approximate surface area is 123 Å². The van der Waals surface area contributed by atoms with Gasteiger partial charge in [0.2, 0.25) is 0 Å². The van der Waals surface area contributed by atoms with Gasteiger partial charge in [-0.15, -0.1) is 0 Å². The summed E-state index contributed by atoms with van der Waals surface area (Å²) >= 11 is 0. The van der Waals surface area contributed by atoms with Crippen molar-refractivity contribution in [2.75, 3.05) is 20.1 Å². The van der Waals surface area contributed by atoms with Gasteiger partial charge in [-0.1, -0.05) is 43.5 Å². The third-order valence-electron chi connectivity index (χ3n) is 5.13.